The van der Waals surface area contributed by atoms with E-state index in [-0.39, 0.29) is 0 Å². The monoisotopic (exact) mass is 218 g/mol. The minimum Gasteiger partial charge on any atom is -0.367 e. The highest BCUT2D eigenvalue weighted by atomic mass is 32.1. The predicted octanol–water partition coefficient (Wildman–Crippen LogP) is 3.16. The van der Waals surface area contributed by atoms with Gasteiger partial charge in [0, 0.05) is 23.3 Å². The lowest BCUT2D eigenvalue weighted by Crippen LogP contribution is -2.04. The zero-order valence-corrected chi connectivity index (χ0v) is 7.62. The molecule has 0 spiro atoms. The summed E-state index contributed by atoms with van der Waals surface area (Å²) >= 11 is 0.983. The molecular formula is C8H5F3N2S. The summed E-state index contributed by atoms with van der Waals surface area (Å²) in [6.45, 7) is 0. The SMILES string of the molecule is FC(F)(F)c1csc(-c2cc[nH]c2)n1. The highest BCUT2D eigenvalue weighted by molar-refractivity contribution is 7.13. The van der Waals surface area contributed by atoms with E-state index in [4.69, 9.17) is 0 Å². The van der Waals surface area contributed by atoms with Gasteiger partial charge in [0.2, 0.25) is 0 Å². The number of rotatable bonds is 1. The zero-order chi connectivity index (χ0) is 10.2. The van der Waals surface area contributed by atoms with Gasteiger partial charge >= 0.3 is 6.18 Å². The topological polar surface area (TPSA) is 28.7 Å². The van der Waals surface area contributed by atoms with Crippen LogP contribution in [-0.4, -0.2) is 9.97 Å². The van der Waals surface area contributed by atoms with Crippen molar-refractivity contribution in [2.75, 3.05) is 0 Å². The number of aromatic amines is 1. The minimum absolute atomic E-state index is 0.374. The van der Waals surface area contributed by atoms with Crippen molar-refractivity contribution in [3.63, 3.8) is 0 Å². The summed E-state index contributed by atoms with van der Waals surface area (Å²) in [4.78, 5) is 6.26. The number of thiazole rings is 1. The molecular weight excluding hydrogens is 213 g/mol. The Labute approximate surface area is 81.4 Å². The van der Waals surface area contributed by atoms with Crippen molar-refractivity contribution in [1.82, 2.24) is 9.97 Å². The Morgan fingerprint density at radius 2 is 2.14 bits per heavy atom. The molecule has 0 saturated heterocycles. The van der Waals surface area contributed by atoms with Gasteiger partial charge in [0.25, 0.3) is 0 Å². The number of aromatic nitrogens is 2. The first-order valence-electron chi connectivity index (χ1n) is 3.73. The molecule has 0 aliphatic heterocycles. The Morgan fingerprint density at radius 1 is 1.36 bits per heavy atom. The lowest BCUT2D eigenvalue weighted by molar-refractivity contribution is -0.140. The molecule has 2 nitrogen and oxygen atoms in total. The van der Waals surface area contributed by atoms with Crippen LogP contribution < -0.4 is 0 Å². The Kier molecular flexibility index (Phi) is 2.07. The van der Waals surface area contributed by atoms with Crippen molar-refractivity contribution < 1.29 is 13.2 Å². The summed E-state index contributed by atoms with van der Waals surface area (Å²) < 4.78 is 36.5. The molecule has 2 aromatic rings. The quantitative estimate of drug-likeness (QED) is 0.782. The second kappa shape index (κ2) is 3.13. The molecule has 0 unspecified atom stereocenters. The standard InChI is InChI=1S/C8H5F3N2S/c9-8(10,11)6-4-14-7(13-6)5-1-2-12-3-5/h1-4,12H. The third kappa shape index (κ3) is 1.65. The summed E-state index contributed by atoms with van der Waals surface area (Å²) in [5.74, 6) is 0. The van der Waals surface area contributed by atoms with Crippen LogP contribution in [0.2, 0.25) is 0 Å². The van der Waals surface area contributed by atoms with E-state index >= 15 is 0 Å². The number of H-pyrrole nitrogens is 1. The maximum Gasteiger partial charge on any atom is 0.434 e. The van der Waals surface area contributed by atoms with Gasteiger partial charge in [-0.05, 0) is 6.07 Å². The fourth-order valence-corrected chi connectivity index (χ4v) is 1.82. The van der Waals surface area contributed by atoms with Crippen LogP contribution in [0.4, 0.5) is 13.2 Å². The van der Waals surface area contributed by atoms with Gasteiger partial charge in [-0.2, -0.15) is 13.2 Å². The largest absolute Gasteiger partial charge is 0.434 e. The molecule has 0 atom stereocenters. The van der Waals surface area contributed by atoms with Gasteiger partial charge in [-0.3, -0.25) is 0 Å². The molecule has 74 valence electrons. The zero-order valence-electron chi connectivity index (χ0n) is 6.80. The van der Waals surface area contributed by atoms with E-state index in [2.05, 4.69) is 9.97 Å². The van der Waals surface area contributed by atoms with E-state index in [9.17, 15) is 13.2 Å². The van der Waals surface area contributed by atoms with Crippen LogP contribution in [0.1, 0.15) is 5.69 Å². The number of halogens is 3. The van der Waals surface area contributed by atoms with E-state index in [1.165, 1.54) is 0 Å². The van der Waals surface area contributed by atoms with Crippen molar-refractivity contribution in [1.29, 1.82) is 0 Å². The average molecular weight is 218 g/mol. The third-order valence-corrected chi connectivity index (χ3v) is 2.53. The van der Waals surface area contributed by atoms with Gasteiger partial charge in [-0.1, -0.05) is 0 Å². The van der Waals surface area contributed by atoms with Crippen molar-refractivity contribution in [2.45, 2.75) is 6.18 Å². The van der Waals surface area contributed by atoms with Crippen LogP contribution in [0.15, 0.2) is 23.8 Å². The maximum absolute atomic E-state index is 12.2. The Balaban J connectivity index is 2.36. The minimum atomic E-state index is -4.36. The number of hydrogen-bond acceptors (Lipinski definition) is 2. The second-order valence-electron chi connectivity index (χ2n) is 2.64. The van der Waals surface area contributed by atoms with Crippen LogP contribution in [0.25, 0.3) is 10.6 Å². The van der Waals surface area contributed by atoms with Gasteiger partial charge in [-0.15, -0.1) is 11.3 Å². The molecule has 0 saturated carbocycles. The van der Waals surface area contributed by atoms with Crippen LogP contribution in [0, 0.1) is 0 Å². The van der Waals surface area contributed by atoms with E-state index in [0.717, 1.165) is 16.7 Å². The van der Waals surface area contributed by atoms with E-state index in [1.54, 1.807) is 18.5 Å². The molecule has 2 heterocycles. The summed E-state index contributed by atoms with van der Waals surface area (Å²) in [5, 5.41) is 1.39. The van der Waals surface area contributed by atoms with Crippen molar-refractivity contribution in [3.05, 3.63) is 29.5 Å². The van der Waals surface area contributed by atoms with Crippen LogP contribution in [0.3, 0.4) is 0 Å². The fourth-order valence-electron chi connectivity index (χ4n) is 0.993. The van der Waals surface area contributed by atoms with Gasteiger partial charge < -0.3 is 4.98 Å². The van der Waals surface area contributed by atoms with Crippen molar-refractivity contribution >= 4 is 11.3 Å². The number of nitrogens with zero attached hydrogens (tertiary/aromatic N) is 1. The Hall–Kier alpha value is -1.30. The van der Waals surface area contributed by atoms with Crippen molar-refractivity contribution in [2.24, 2.45) is 0 Å². The molecule has 14 heavy (non-hydrogen) atoms. The highest BCUT2D eigenvalue weighted by Gasteiger charge is 2.33. The van der Waals surface area contributed by atoms with E-state index in [0.29, 0.717) is 10.6 Å². The van der Waals surface area contributed by atoms with Crippen LogP contribution >= 0.6 is 11.3 Å². The molecule has 1 N–H and O–H groups in total. The summed E-state index contributed by atoms with van der Waals surface area (Å²) in [5.41, 5.74) is -0.163. The lowest BCUT2D eigenvalue weighted by atomic mass is 10.3. The van der Waals surface area contributed by atoms with Crippen LogP contribution in [0.5, 0.6) is 0 Å². The first-order chi connectivity index (χ1) is 6.57. The molecule has 0 aliphatic rings. The summed E-state index contributed by atoms with van der Waals surface area (Å²) in [6, 6.07) is 1.68. The molecule has 0 bridgehead atoms. The smallest absolute Gasteiger partial charge is 0.367 e. The Bertz CT molecular complexity index is 416. The molecule has 0 fully saturated rings. The predicted molar refractivity (Wildman–Crippen MR) is 46.9 cm³/mol. The lowest BCUT2D eigenvalue weighted by Gasteiger charge is -1.99. The third-order valence-electron chi connectivity index (χ3n) is 1.64. The molecule has 0 aromatic carbocycles. The molecule has 0 radical (unpaired) electrons. The van der Waals surface area contributed by atoms with E-state index < -0.39 is 11.9 Å². The first-order valence-corrected chi connectivity index (χ1v) is 4.61. The van der Waals surface area contributed by atoms with Gasteiger partial charge in [0.05, 0.1) is 0 Å². The molecule has 0 aliphatic carbocycles. The first kappa shape index (κ1) is 9.26. The van der Waals surface area contributed by atoms with Gasteiger partial charge in [0.15, 0.2) is 5.69 Å². The van der Waals surface area contributed by atoms with Crippen molar-refractivity contribution in [3.8, 4) is 10.6 Å². The average Bonchev–Trinajstić information content (AvgIpc) is 2.73. The normalized spacial score (nSPS) is 11.9. The molecule has 2 rings (SSSR count). The molecule has 0 amide bonds. The van der Waals surface area contributed by atoms with E-state index in [1.807, 2.05) is 0 Å². The second-order valence-corrected chi connectivity index (χ2v) is 3.49. The van der Waals surface area contributed by atoms with Gasteiger partial charge in [-0.25, -0.2) is 4.98 Å². The maximum atomic E-state index is 12.2. The summed E-state index contributed by atoms with van der Waals surface area (Å²) in [6.07, 6.45) is -1.10. The van der Waals surface area contributed by atoms with Gasteiger partial charge in [0.1, 0.15) is 5.01 Å². The number of alkyl halides is 3. The fraction of sp³-hybridized carbons (Fsp3) is 0.125. The van der Waals surface area contributed by atoms with Crippen LogP contribution in [-0.2, 0) is 6.18 Å². The number of hydrogen-bond donors (Lipinski definition) is 1. The number of nitrogens with one attached hydrogen (secondary N) is 1. The Morgan fingerprint density at radius 3 is 2.64 bits per heavy atom. The molecule has 2 aromatic heterocycles. The molecule has 6 heteroatoms. The summed E-state index contributed by atoms with van der Waals surface area (Å²) in [7, 11) is 0. The highest BCUT2D eigenvalue weighted by Crippen LogP contribution is 2.33.